The summed E-state index contributed by atoms with van der Waals surface area (Å²) in [5.74, 6) is 0.981. The van der Waals surface area contributed by atoms with Gasteiger partial charge < -0.3 is 9.73 Å². The molecule has 18 heavy (non-hydrogen) atoms. The van der Waals surface area contributed by atoms with E-state index in [1.807, 2.05) is 26.0 Å². The molecule has 2 aromatic heterocycles. The van der Waals surface area contributed by atoms with E-state index in [2.05, 4.69) is 28.5 Å². The first-order chi connectivity index (χ1) is 8.70. The van der Waals surface area contributed by atoms with Crippen LogP contribution in [0.1, 0.15) is 35.7 Å². The maximum atomic E-state index is 5.43. The normalized spacial score (nSPS) is 12.6. The molecule has 1 N–H and O–H groups in total. The molecule has 0 amide bonds. The van der Waals surface area contributed by atoms with Gasteiger partial charge >= 0.3 is 0 Å². The van der Waals surface area contributed by atoms with Crippen LogP contribution < -0.4 is 5.32 Å². The zero-order valence-electron chi connectivity index (χ0n) is 11.1. The van der Waals surface area contributed by atoms with Gasteiger partial charge in [0, 0.05) is 12.5 Å². The second-order valence-electron chi connectivity index (χ2n) is 4.42. The Labute approximate surface area is 107 Å². The van der Waals surface area contributed by atoms with E-state index in [0.717, 1.165) is 30.1 Å². The molecule has 1 unspecified atom stereocenters. The summed E-state index contributed by atoms with van der Waals surface area (Å²) in [7, 11) is 0. The van der Waals surface area contributed by atoms with E-state index in [0.29, 0.717) is 0 Å². The highest BCUT2D eigenvalue weighted by atomic mass is 16.3. The fraction of sp³-hybridized carbons (Fsp3) is 0.429. The zero-order valence-corrected chi connectivity index (χ0v) is 11.1. The van der Waals surface area contributed by atoms with E-state index < -0.39 is 0 Å². The Morgan fingerprint density at radius 2 is 2.17 bits per heavy atom. The molecule has 0 aliphatic rings. The Balaban J connectivity index is 2.26. The van der Waals surface area contributed by atoms with Gasteiger partial charge in [-0.1, -0.05) is 6.92 Å². The first-order valence-electron chi connectivity index (χ1n) is 6.27. The lowest BCUT2D eigenvalue weighted by Gasteiger charge is -2.18. The van der Waals surface area contributed by atoms with E-state index in [1.165, 1.54) is 5.56 Å². The molecule has 0 spiro atoms. The predicted molar refractivity (Wildman–Crippen MR) is 70.3 cm³/mol. The highest BCUT2D eigenvalue weighted by Crippen LogP contribution is 2.21. The Morgan fingerprint density at radius 3 is 2.83 bits per heavy atom. The molecule has 0 saturated carbocycles. The summed E-state index contributed by atoms with van der Waals surface area (Å²) >= 11 is 0. The van der Waals surface area contributed by atoms with Crippen LogP contribution in [0.2, 0.25) is 0 Å². The lowest BCUT2D eigenvalue weighted by Crippen LogP contribution is -2.24. The standard InChI is InChI=1S/C14H19N3O/c1-4-15-14(9-12-6-5-7-18-12)13-8-10(2)16-17-11(13)3/h5-8,14-15H,4,9H2,1-3H3. The third kappa shape index (κ3) is 2.96. The van der Waals surface area contributed by atoms with Crippen molar-refractivity contribution in [1.82, 2.24) is 15.5 Å². The van der Waals surface area contributed by atoms with Gasteiger partial charge in [-0.05, 0) is 44.2 Å². The van der Waals surface area contributed by atoms with Gasteiger partial charge in [0.2, 0.25) is 0 Å². The summed E-state index contributed by atoms with van der Waals surface area (Å²) < 4.78 is 5.43. The molecule has 2 heterocycles. The van der Waals surface area contributed by atoms with Gasteiger partial charge in [-0.25, -0.2) is 0 Å². The van der Waals surface area contributed by atoms with Crippen molar-refractivity contribution in [3.63, 3.8) is 0 Å². The number of nitrogens with one attached hydrogen (secondary N) is 1. The average molecular weight is 245 g/mol. The van der Waals surface area contributed by atoms with Gasteiger partial charge in [0.05, 0.1) is 17.7 Å². The summed E-state index contributed by atoms with van der Waals surface area (Å²) in [6.45, 7) is 6.97. The first-order valence-corrected chi connectivity index (χ1v) is 6.27. The summed E-state index contributed by atoms with van der Waals surface area (Å²) in [5, 5.41) is 11.7. The van der Waals surface area contributed by atoms with Crippen molar-refractivity contribution in [1.29, 1.82) is 0 Å². The van der Waals surface area contributed by atoms with Gasteiger partial charge in [-0.15, -0.1) is 0 Å². The van der Waals surface area contributed by atoms with Gasteiger partial charge in [0.1, 0.15) is 5.76 Å². The van der Waals surface area contributed by atoms with E-state index >= 15 is 0 Å². The van der Waals surface area contributed by atoms with Crippen LogP contribution in [-0.4, -0.2) is 16.7 Å². The molecule has 0 radical (unpaired) electrons. The Morgan fingerprint density at radius 1 is 1.33 bits per heavy atom. The Kier molecular flexibility index (Phi) is 4.10. The summed E-state index contributed by atoms with van der Waals surface area (Å²) in [5.41, 5.74) is 3.11. The van der Waals surface area contributed by atoms with Gasteiger partial charge in [-0.2, -0.15) is 10.2 Å². The average Bonchev–Trinajstić information content (AvgIpc) is 2.85. The minimum Gasteiger partial charge on any atom is -0.469 e. The summed E-state index contributed by atoms with van der Waals surface area (Å²) in [6, 6.07) is 6.23. The monoisotopic (exact) mass is 245 g/mol. The van der Waals surface area contributed by atoms with Crippen molar-refractivity contribution < 1.29 is 4.42 Å². The molecular weight excluding hydrogens is 226 g/mol. The van der Waals surface area contributed by atoms with Crippen LogP contribution in [0, 0.1) is 13.8 Å². The molecule has 0 bridgehead atoms. The van der Waals surface area contributed by atoms with Crippen LogP contribution in [-0.2, 0) is 6.42 Å². The molecule has 4 nitrogen and oxygen atoms in total. The topological polar surface area (TPSA) is 51.0 Å². The smallest absolute Gasteiger partial charge is 0.105 e. The van der Waals surface area contributed by atoms with Crippen LogP contribution >= 0.6 is 0 Å². The van der Waals surface area contributed by atoms with Crippen LogP contribution in [0.15, 0.2) is 28.9 Å². The van der Waals surface area contributed by atoms with E-state index in [-0.39, 0.29) is 6.04 Å². The quantitative estimate of drug-likeness (QED) is 0.879. The highest BCUT2D eigenvalue weighted by molar-refractivity contribution is 5.25. The molecular formula is C14H19N3O. The van der Waals surface area contributed by atoms with Crippen molar-refractivity contribution in [2.75, 3.05) is 6.54 Å². The van der Waals surface area contributed by atoms with E-state index in [4.69, 9.17) is 4.42 Å². The van der Waals surface area contributed by atoms with Gasteiger partial charge in [-0.3, -0.25) is 0 Å². The number of furan rings is 1. The molecule has 2 rings (SSSR count). The molecule has 0 fully saturated rings. The largest absolute Gasteiger partial charge is 0.469 e. The van der Waals surface area contributed by atoms with E-state index in [9.17, 15) is 0 Å². The number of hydrogen-bond acceptors (Lipinski definition) is 4. The predicted octanol–water partition coefficient (Wildman–Crippen LogP) is 2.58. The highest BCUT2D eigenvalue weighted by Gasteiger charge is 2.16. The zero-order chi connectivity index (χ0) is 13.0. The van der Waals surface area contributed by atoms with Crippen LogP contribution in [0.25, 0.3) is 0 Å². The van der Waals surface area contributed by atoms with E-state index in [1.54, 1.807) is 6.26 Å². The van der Waals surface area contributed by atoms with Gasteiger partial charge in [0.15, 0.2) is 0 Å². The van der Waals surface area contributed by atoms with Crippen LogP contribution in [0.4, 0.5) is 0 Å². The van der Waals surface area contributed by atoms with Crippen molar-refractivity contribution >= 4 is 0 Å². The number of hydrogen-bond donors (Lipinski definition) is 1. The van der Waals surface area contributed by atoms with Crippen molar-refractivity contribution in [2.45, 2.75) is 33.2 Å². The Bertz CT molecular complexity index is 494. The third-order valence-corrected chi connectivity index (χ3v) is 2.95. The fourth-order valence-electron chi connectivity index (χ4n) is 2.09. The molecule has 0 aliphatic carbocycles. The lowest BCUT2D eigenvalue weighted by atomic mass is 10.0. The Hall–Kier alpha value is -1.68. The molecule has 0 aliphatic heterocycles. The summed E-state index contributed by atoms with van der Waals surface area (Å²) in [4.78, 5) is 0. The second-order valence-corrected chi connectivity index (χ2v) is 4.42. The second kappa shape index (κ2) is 5.78. The number of aryl methyl sites for hydroxylation is 2. The molecule has 0 saturated heterocycles. The number of aromatic nitrogens is 2. The molecule has 2 aromatic rings. The first kappa shape index (κ1) is 12.8. The van der Waals surface area contributed by atoms with Crippen molar-refractivity contribution in [3.05, 3.63) is 47.2 Å². The van der Waals surface area contributed by atoms with Crippen molar-refractivity contribution in [2.24, 2.45) is 0 Å². The fourth-order valence-corrected chi connectivity index (χ4v) is 2.09. The SMILES string of the molecule is CCNC(Cc1ccco1)c1cc(C)nnc1C. The van der Waals surface area contributed by atoms with Gasteiger partial charge in [0.25, 0.3) is 0 Å². The summed E-state index contributed by atoms with van der Waals surface area (Å²) in [6.07, 6.45) is 2.54. The minimum atomic E-state index is 0.218. The third-order valence-electron chi connectivity index (χ3n) is 2.95. The lowest BCUT2D eigenvalue weighted by molar-refractivity contribution is 0.452. The maximum absolute atomic E-state index is 5.43. The molecule has 4 heteroatoms. The van der Waals surface area contributed by atoms with Crippen LogP contribution in [0.5, 0.6) is 0 Å². The van der Waals surface area contributed by atoms with Crippen molar-refractivity contribution in [3.8, 4) is 0 Å². The number of rotatable bonds is 5. The molecule has 0 aromatic carbocycles. The molecule has 96 valence electrons. The number of nitrogens with zero attached hydrogens (tertiary/aromatic N) is 2. The maximum Gasteiger partial charge on any atom is 0.105 e. The molecule has 1 atom stereocenters. The number of likely N-dealkylation sites (N-methyl/N-ethyl adjacent to an activating group) is 1. The van der Waals surface area contributed by atoms with Crippen LogP contribution in [0.3, 0.4) is 0 Å². The minimum absolute atomic E-state index is 0.218.